The van der Waals surface area contributed by atoms with Crippen LogP contribution in [0.15, 0.2) is 52.4 Å². The van der Waals surface area contributed by atoms with Crippen LogP contribution in [0.1, 0.15) is 46.5 Å². The molecule has 2 atom stereocenters. The van der Waals surface area contributed by atoms with Crippen molar-refractivity contribution in [3.05, 3.63) is 81.3 Å². The smallest absolute Gasteiger partial charge is 0.296 e. The topological polar surface area (TPSA) is 141 Å². The molecular formula is C21H20ClN7O4. The summed E-state index contributed by atoms with van der Waals surface area (Å²) in [6, 6.07) is 7.27. The van der Waals surface area contributed by atoms with E-state index in [0.29, 0.717) is 10.8 Å². The minimum Gasteiger partial charge on any atom is -0.501 e. The van der Waals surface area contributed by atoms with Crippen LogP contribution in [0.3, 0.4) is 0 Å². The zero-order valence-electron chi connectivity index (χ0n) is 17.9. The highest BCUT2D eigenvalue weighted by molar-refractivity contribution is 6.31. The molecule has 0 saturated heterocycles. The molecule has 0 saturated carbocycles. The van der Waals surface area contributed by atoms with Gasteiger partial charge in [0.15, 0.2) is 5.69 Å². The van der Waals surface area contributed by atoms with E-state index in [1.54, 1.807) is 24.0 Å². The van der Waals surface area contributed by atoms with Crippen molar-refractivity contribution in [1.82, 2.24) is 29.5 Å². The third-order valence-corrected chi connectivity index (χ3v) is 5.72. The average Bonchev–Trinajstić information content (AvgIpc) is 3.45. The number of aryl methyl sites for hydroxylation is 1. The lowest BCUT2D eigenvalue weighted by Crippen LogP contribution is -2.30. The molecule has 4 rings (SSSR count). The first-order valence-corrected chi connectivity index (χ1v) is 10.3. The summed E-state index contributed by atoms with van der Waals surface area (Å²) in [4.78, 5) is 29.9. The highest BCUT2D eigenvalue weighted by Crippen LogP contribution is 2.39. The van der Waals surface area contributed by atoms with Gasteiger partial charge >= 0.3 is 0 Å². The van der Waals surface area contributed by atoms with Gasteiger partial charge in [-0.2, -0.15) is 0 Å². The lowest BCUT2D eigenvalue weighted by Gasteiger charge is -2.26. The number of hydrogen-bond acceptors (Lipinski definition) is 8. The SMILES string of the molecule is CC(c1nc(C(=O)Nc2cnoc2)c(O)c(=O)n1C)C(c1ccccc1Cl)c1nncn1C. The van der Waals surface area contributed by atoms with Gasteiger partial charge in [0.2, 0.25) is 5.75 Å². The van der Waals surface area contributed by atoms with Crippen LogP contribution in [0.5, 0.6) is 5.75 Å². The molecule has 0 fully saturated rings. The monoisotopic (exact) mass is 469 g/mol. The van der Waals surface area contributed by atoms with E-state index in [1.165, 1.54) is 24.1 Å². The normalized spacial score (nSPS) is 13.0. The fourth-order valence-electron chi connectivity index (χ4n) is 3.71. The second-order valence-corrected chi connectivity index (χ2v) is 7.89. The number of carbonyl (C=O) groups is 1. The van der Waals surface area contributed by atoms with Crippen molar-refractivity contribution in [3.63, 3.8) is 0 Å². The van der Waals surface area contributed by atoms with E-state index in [-0.39, 0.29) is 11.5 Å². The maximum Gasteiger partial charge on any atom is 0.296 e. The minimum absolute atomic E-state index is 0.251. The molecule has 0 bridgehead atoms. The average molecular weight is 470 g/mol. The number of amides is 1. The van der Waals surface area contributed by atoms with Crippen molar-refractivity contribution in [2.45, 2.75) is 18.8 Å². The van der Waals surface area contributed by atoms with Crippen molar-refractivity contribution in [3.8, 4) is 5.75 Å². The van der Waals surface area contributed by atoms with E-state index < -0.39 is 34.7 Å². The first-order chi connectivity index (χ1) is 15.8. The molecule has 0 aliphatic heterocycles. The van der Waals surface area contributed by atoms with E-state index >= 15 is 0 Å². The van der Waals surface area contributed by atoms with Crippen LogP contribution in [-0.4, -0.2) is 40.5 Å². The number of rotatable bonds is 6. The molecule has 0 aliphatic rings. The van der Waals surface area contributed by atoms with Gasteiger partial charge in [-0.1, -0.05) is 41.9 Å². The summed E-state index contributed by atoms with van der Waals surface area (Å²) in [6.07, 6.45) is 4.05. The summed E-state index contributed by atoms with van der Waals surface area (Å²) < 4.78 is 7.65. The van der Waals surface area contributed by atoms with Gasteiger partial charge in [0.1, 0.15) is 29.9 Å². The Balaban J connectivity index is 1.84. The Morgan fingerprint density at radius 2 is 2.00 bits per heavy atom. The van der Waals surface area contributed by atoms with Crippen LogP contribution in [0, 0.1) is 0 Å². The van der Waals surface area contributed by atoms with E-state index in [9.17, 15) is 14.7 Å². The number of carbonyl (C=O) groups excluding carboxylic acids is 1. The van der Waals surface area contributed by atoms with E-state index in [4.69, 9.17) is 11.6 Å². The lowest BCUT2D eigenvalue weighted by atomic mass is 9.85. The van der Waals surface area contributed by atoms with Crippen molar-refractivity contribution in [2.75, 3.05) is 5.32 Å². The predicted octanol–water partition coefficient (Wildman–Crippen LogP) is 2.44. The maximum atomic E-state index is 12.8. The van der Waals surface area contributed by atoms with Crippen molar-refractivity contribution >= 4 is 23.2 Å². The lowest BCUT2D eigenvalue weighted by molar-refractivity contribution is 0.101. The fourth-order valence-corrected chi connectivity index (χ4v) is 3.96. The minimum atomic E-state index is -0.783. The summed E-state index contributed by atoms with van der Waals surface area (Å²) in [5.74, 6) is -1.66. The second-order valence-electron chi connectivity index (χ2n) is 7.49. The van der Waals surface area contributed by atoms with Gasteiger partial charge in [0.25, 0.3) is 11.5 Å². The summed E-state index contributed by atoms with van der Waals surface area (Å²) in [5.41, 5.74) is -0.180. The number of benzene rings is 1. The van der Waals surface area contributed by atoms with Crippen molar-refractivity contribution < 1.29 is 14.4 Å². The Morgan fingerprint density at radius 3 is 2.64 bits per heavy atom. The van der Waals surface area contributed by atoms with Crippen LogP contribution in [-0.2, 0) is 14.1 Å². The van der Waals surface area contributed by atoms with Gasteiger partial charge in [0.05, 0.1) is 12.1 Å². The summed E-state index contributed by atoms with van der Waals surface area (Å²) in [6.45, 7) is 1.84. The van der Waals surface area contributed by atoms with Crippen molar-refractivity contribution in [2.24, 2.45) is 14.1 Å². The van der Waals surface area contributed by atoms with E-state index in [0.717, 1.165) is 5.56 Å². The van der Waals surface area contributed by atoms with Gasteiger partial charge < -0.3 is 19.5 Å². The Hall–Kier alpha value is -3.99. The van der Waals surface area contributed by atoms with Gasteiger partial charge in [-0.3, -0.25) is 14.2 Å². The first-order valence-electron chi connectivity index (χ1n) is 9.88. The molecule has 1 aromatic carbocycles. The number of anilines is 1. The number of halogens is 1. The van der Waals surface area contributed by atoms with Crippen LogP contribution in [0.25, 0.3) is 0 Å². The highest BCUT2D eigenvalue weighted by Gasteiger charge is 2.32. The summed E-state index contributed by atoms with van der Waals surface area (Å²) in [7, 11) is 3.27. The number of nitrogens with zero attached hydrogens (tertiary/aromatic N) is 6. The van der Waals surface area contributed by atoms with Crippen LogP contribution < -0.4 is 10.9 Å². The summed E-state index contributed by atoms with van der Waals surface area (Å²) >= 11 is 6.51. The molecule has 0 spiro atoms. The second kappa shape index (κ2) is 8.87. The molecule has 3 heterocycles. The molecular weight excluding hydrogens is 450 g/mol. The van der Waals surface area contributed by atoms with E-state index in [1.807, 2.05) is 25.1 Å². The first kappa shape index (κ1) is 22.2. The largest absolute Gasteiger partial charge is 0.501 e. The maximum absolute atomic E-state index is 12.8. The molecule has 12 heteroatoms. The number of hydrogen-bond donors (Lipinski definition) is 2. The van der Waals surface area contributed by atoms with Gasteiger partial charge in [-0.25, -0.2) is 4.98 Å². The van der Waals surface area contributed by atoms with Gasteiger partial charge in [-0.15, -0.1) is 10.2 Å². The standard InChI is InChI=1S/C21H20ClN7O4/c1-11(15(19-27-23-10-28(19)2)13-6-4-5-7-14(13)22)18-26-16(17(30)21(32)29(18)3)20(31)25-12-8-24-33-9-12/h4-11,15,30H,1-3H3,(H,25,31). The molecule has 0 radical (unpaired) electrons. The highest BCUT2D eigenvalue weighted by atomic mass is 35.5. The Morgan fingerprint density at radius 1 is 1.24 bits per heavy atom. The van der Waals surface area contributed by atoms with Crippen LogP contribution >= 0.6 is 11.6 Å². The molecule has 3 aromatic heterocycles. The molecule has 11 nitrogen and oxygen atoms in total. The number of aromatic nitrogens is 6. The van der Waals surface area contributed by atoms with Crippen molar-refractivity contribution in [1.29, 1.82) is 0 Å². The molecule has 170 valence electrons. The molecule has 0 aliphatic carbocycles. The van der Waals surface area contributed by atoms with E-state index in [2.05, 4.69) is 30.2 Å². The Bertz CT molecular complexity index is 1360. The predicted molar refractivity (Wildman–Crippen MR) is 118 cm³/mol. The van der Waals surface area contributed by atoms with Crippen LogP contribution in [0.2, 0.25) is 5.02 Å². The third-order valence-electron chi connectivity index (χ3n) is 5.38. The Kier molecular flexibility index (Phi) is 5.97. The zero-order valence-corrected chi connectivity index (χ0v) is 18.7. The van der Waals surface area contributed by atoms with Gasteiger partial charge in [-0.05, 0) is 11.6 Å². The molecule has 33 heavy (non-hydrogen) atoms. The Labute approximate surface area is 192 Å². The quantitative estimate of drug-likeness (QED) is 0.438. The molecule has 2 unspecified atom stereocenters. The molecule has 2 N–H and O–H groups in total. The van der Waals surface area contributed by atoms with Crippen LogP contribution in [0.4, 0.5) is 5.69 Å². The number of nitrogens with one attached hydrogen (secondary N) is 1. The van der Waals surface area contributed by atoms with Gasteiger partial charge in [0, 0.05) is 25.0 Å². The fraction of sp³-hybridized carbons (Fsp3) is 0.238. The molecule has 1 amide bonds. The number of aromatic hydroxyl groups is 1. The third kappa shape index (κ3) is 4.10. The zero-order chi connectivity index (χ0) is 23.7. The summed E-state index contributed by atoms with van der Waals surface area (Å²) in [5, 5.41) is 25.1. The molecule has 4 aromatic rings.